The number of carbonyl (C=O) groups is 1. The van der Waals surface area contributed by atoms with Crippen LogP contribution >= 0.6 is 0 Å². The van der Waals surface area contributed by atoms with E-state index in [1.807, 2.05) is 0 Å². The average Bonchev–Trinajstić information content (AvgIpc) is 2.83. The summed E-state index contributed by atoms with van der Waals surface area (Å²) in [7, 11) is 0. The highest BCUT2D eigenvalue weighted by Crippen LogP contribution is 2.64. The lowest BCUT2D eigenvalue weighted by Crippen LogP contribution is -2.53. The molecule has 4 rings (SSSR count). The molecule has 0 aromatic carbocycles. The van der Waals surface area contributed by atoms with Crippen molar-refractivity contribution in [2.75, 3.05) is 13.2 Å². The van der Waals surface area contributed by atoms with Crippen LogP contribution in [-0.2, 0) is 9.53 Å². The van der Waals surface area contributed by atoms with Crippen molar-refractivity contribution in [3.63, 3.8) is 0 Å². The summed E-state index contributed by atoms with van der Waals surface area (Å²) in [5.74, 6) is 3.18. The number of allylic oxidation sites excluding steroid dienone is 2. The first-order chi connectivity index (χ1) is 10.1. The van der Waals surface area contributed by atoms with E-state index >= 15 is 0 Å². The van der Waals surface area contributed by atoms with Gasteiger partial charge in [0.25, 0.3) is 0 Å². The summed E-state index contributed by atoms with van der Waals surface area (Å²) in [5, 5.41) is 0. The van der Waals surface area contributed by atoms with Crippen molar-refractivity contribution < 1.29 is 9.53 Å². The number of rotatable bonds is 1. The molecule has 0 amide bonds. The Morgan fingerprint density at radius 2 is 2.05 bits per heavy atom. The van der Waals surface area contributed by atoms with Gasteiger partial charge in [-0.15, -0.1) is 0 Å². The third kappa shape index (κ3) is 1.91. The van der Waals surface area contributed by atoms with Gasteiger partial charge in [0.2, 0.25) is 0 Å². The summed E-state index contributed by atoms with van der Waals surface area (Å²) in [6.45, 7) is 6.89. The zero-order chi connectivity index (χ0) is 14.7. The van der Waals surface area contributed by atoms with Gasteiger partial charge in [-0.05, 0) is 78.6 Å². The normalized spacial score (nSPS) is 52.4. The number of aldehydes is 1. The summed E-state index contributed by atoms with van der Waals surface area (Å²) in [6.07, 6.45) is 11.0. The van der Waals surface area contributed by atoms with Gasteiger partial charge in [-0.25, -0.2) is 0 Å². The maximum absolute atomic E-state index is 11.3. The number of carbonyl (C=O) groups excluding carboxylic acids is 1. The van der Waals surface area contributed by atoms with E-state index in [2.05, 4.69) is 19.9 Å². The Balaban J connectivity index is 1.64. The summed E-state index contributed by atoms with van der Waals surface area (Å²) in [4.78, 5) is 11.3. The fourth-order valence-corrected chi connectivity index (χ4v) is 6.45. The van der Waals surface area contributed by atoms with Crippen molar-refractivity contribution in [1.82, 2.24) is 0 Å². The van der Waals surface area contributed by atoms with Crippen LogP contribution < -0.4 is 0 Å². The fourth-order valence-electron chi connectivity index (χ4n) is 6.45. The van der Waals surface area contributed by atoms with Crippen LogP contribution in [0.1, 0.15) is 52.4 Å². The Kier molecular flexibility index (Phi) is 3.12. The molecule has 0 aromatic rings. The van der Waals surface area contributed by atoms with Crippen LogP contribution in [0.2, 0.25) is 0 Å². The highest BCUT2D eigenvalue weighted by atomic mass is 16.5. The van der Waals surface area contributed by atoms with Crippen molar-refractivity contribution in [2.24, 2.45) is 34.5 Å². The standard InChI is InChI=1S/C19H28O2/c1-18-6-5-16-15(17(18)9-13(10-18)11-20)4-3-14-12-21-8-7-19(14,16)2/h10-11,14-17H,3-9,12H2,1-2H3. The van der Waals surface area contributed by atoms with E-state index in [-0.39, 0.29) is 0 Å². The monoisotopic (exact) mass is 288 g/mol. The van der Waals surface area contributed by atoms with Gasteiger partial charge >= 0.3 is 0 Å². The van der Waals surface area contributed by atoms with Crippen LogP contribution in [0.4, 0.5) is 0 Å². The maximum Gasteiger partial charge on any atom is 0.145 e. The zero-order valence-electron chi connectivity index (χ0n) is 13.4. The molecular weight excluding hydrogens is 260 g/mol. The first kappa shape index (κ1) is 14.0. The van der Waals surface area contributed by atoms with Crippen LogP contribution in [-0.4, -0.2) is 19.5 Å². The quantitative estimate of drug-likeness (QED) is 0.682. The first-order valence-corrected chi connectivity index (χ1v) is 8.81. The second kappa shape index (κ2) is 4.68. The number of hydrogen-bond acceptors (Lipinski definition) is 2. The largest absolute Gasteiger partial charge is 0.381 e. The van der Waals surface area contributed by atoms with Crippen molar-refractivity contribution in [1.29, 1.82) is 0 Å². The van der Waals surface area contributed by atoms with Gasteiger partial charge < -0.3 is 4.74 Å². The van der Waals surface area contributed by atoms with Crippen molar-refractivity contribution >= 4 is 6.29 Å². The first-order valence-electron chi connectivity index (χ1n) is 8.81. The molecule has 0 N–H and O–H groups in total. The van der Waals surface area contributed by atoms with Gasteiger partial charge in [0.1, 0.15) is 6.29 Å². The van der Waals surface area contributed by atoms with Gasteiger partial charge in [0.05, 0.1) is 0 Å². The Morgan fingerprint density at radius 1 is 1.19 bits per heavy atom. The van der Waals surface area contributed by atoms with Gasteiger partial charge in [-0.2, -0.15) is 0 Å². The van der Waals surface area contributed by atoms with Crippen LogP contribution in [0.5, 0.6) is 0 Å². The lowest BCUT2D eigenvalue weighted by molar-refractivity contribution is -0.139. The second-order valence-electron chi connectivity index (χ2n) is 8.57. The highest BCUT2D eigenvalue weighted by molar-refractivity contribution is 5.74. The molecule has 21 heavy (non-hydrogen) atoms. The summed E-state index contributed by atoms with van der Waals surface area (Å²) in [6, 6.07) is 0. The van der Waals surface area contributed by atoms with Crippen LogP contribution in [0.3, 0.4) is 0 Å². The minimum absolute atomic E-state index is 0.297. The molecule has 1 saturated heterocycles. The van der Waals surface area contributed by atoms with Crippen LogP contribution in [0.25, 0.3) is 0 Å². The summed E-state index contributed by atoms with van der Waals surface area (Å²) >= 11 is 0. The van der Waals surface area contributed by atoms with E-state index in [9.17, 15) is 4.79 Å². The molecule has 1 heterocycles. The van der Waals surface area contributed by atoms with Gasteiger partial charge in [0.15, 0.2) is 0 Å². The van der Waals surface area contributed by atoms with Gasteiger partial charge in [0, 0.05) is 13.2 Å². The highest BCUT2D eigenvalue weighted by Gasteiger charge is 2.57. The molecular formula is C19H28O2. The lowest BCUT2D eigenvalue weighted by Gasteiger charge is -2.59. The molecule has 0 aromatic heterocycles. The van der Waals surface area contributed by atoms with E-state index < -0.39 is 0 Å². The van der Waals surface area contributed by atoms with E-state index in [0.717, 1.165) is 55.2 Å². The molecule has 0 spiro atoms. The van der Waals surface area contributed by atoms with Gasteiger partial charge in [-0.1, -0.05) is 19.9 Å². The molecule has 0 bridgehead atoms. The molecule has 0 radical (unpaired) electrons. The molecule has 2 nitrogen and oxygen atoms in total. The van der Waals surface area contributed by atoms with Crippen LogP contribution in [0.15, 0.2) is 11.6 Å². The number of ether oxygens (including phenoxy) is 1. The van der Waals surface area contributed by atoms with Crippen molar-refractivity contribution in [3.8, 4) is 0 Å². The molecule has 4 aliphatic rings. The minimum atomic E-state index is 0.297. The fraction of sp³-hybridized carbons (Fsp3) is 0.842. The third-order valence-corrected chi connectivity index (χ3v) is 7.73. The Hall–Kier alpha value is -0.630. The molecule has 3 fully saturated rings. The predicted octanol–water partition coefficient (Wildman–Crippen LogP) is 4.00. The summed E-state index contributed by atoms with van der Waals surface area (Å²) in [5.41, 5.74) is 1.86. The molecule has 6 unspecified atom stereocenters. The maximum atomic E-state index is 11.3. The SMILES string of the molecule is CC12C=C(C=O)CC1C1CCC3COCCC3(C)C1CC2. The van der Waals surface area contributed by atoms with Crippen LogP contribution in [0, 0.1) is 34.5 Å². The smallest absolute Gasteiger partial charge is 0.145 e. The topological polar surface area (TPSA) is 26.3 Å². The van der Waals surface area contributed by atoms with E-state index in [1.165, 1.54) is 32.1 Å². The minimum Gasteiger partial charge on any atom is -0.381 e. The molecule has 3 aliphatic carbocycles. The van der Waals surface area contributed by atoms with E-state index in [1.54, 1.807) is 0 Å². The zero-order valence-corrected chi connectivity index (χ0v) is 13.4. The lowest BCUT2D eigenvalue weighted by atomic mass is 9.47. The average molecular weight is 288 g/mol. The Bertz CT molecular complexity index is 482. The Labute approximate surface area is 128 Å². The van der Waals surface area contributed by atoms with Crippen molar-refractivity contribution in [3.05, 3.63) is 11.6 Å². The second-order valence-corrected chi connectivity index (χ2v) is 8.57. The molecule has 2 heteroatoms. The predicted molar refractivity (Wildman–Crippen MR) is 82.8 cm³/mol. The van der Waals surface area contributed by atoms with Crippen molar-refractivity contribution in [2.45, 2.75) is 52.4 Å². The third-order valence-electron chi connectivity index (χ3n) is 7.73. The summed E-state index contributed by atoms with van der Waals surface area (Å²) < 4.78 is 5.77. The molecule has 2 saturated carbocycles. The van der Waals surface area contributed by atoms with E-state index in [0.29, 0.717) is 10.8 Å². The number of hydrogen-bond donors (Lipinski definition) is 0. The Morgan fingerprint density at radius 3 is 2.86 bits per heavy atom. The molecule has 6 atom stereocenters. The number of fused-ring (bicyclic) bond motifs is 5. The van der Waals surface area contributed by atoms with E-state index in [4.69, 9.17) is 4.74 Å². The molecule has 116 valence electrons. The van der Waals surface area contributed by atoms with Gasteiger partial charge in [-0.3, -0.25) is 4.79 Å². The molecule has 1 aliphatic heterocycles.